The molecule has 0 bridgehead atoms. The predicted octanol–water partition coefficient (Wildman–Crippen LogP) is 3.32. The number of hydrogen-bond acceptors (Lipinski definition) is 9. The maximum absolute atomic E-state index is 12.5. The highest BCUT2D eigenvalue weighted by Gasteiger charge is 2.37. The fourth-order valence-corrected chi connectivity index (χ4v) is 6.42. The van der Waals surface area contributed by atoms with E-state index in [1.807, 2.05) is 12.3 Å². The molecule has 39 heavy (non-hydrogen) atoms. The highest BCUT2D eigenvalue weighted by molar-refractivity contribution is 7.90. The molecule has 0 aromatic carbocycles. The molecule has 0 amide bonds. The van der Waals surface area contributed by atoms with E-state index in [0.717, 1.165) is 51.7 Å². The summed E-state index contributed by atoms with van der Waals surface area (Å²) < 4.78 is 30.5. The van der Waals surface area contributed by atoms with Gasteiger partial charge in [0.25, 0.3) is 10.0 Å². The molecular weight excluding hydrogens is 516 g/mol. The van der Waals surface area contributed by atoms with Gasteiger partial charge < -0.3 is 19.8 Å². The van der Waals surface area contributed by atoms with Gasteiger partial charge in [-0.2, -0.15) is 9.19 Å². The summed E-state index contributed by atoms with van der Waals surface area (Å²) >= 11 is 0. The Bertz CT molecular complexity index is 1790. The monoisotopic (exact) mass is 544 g/mol. The molecule has 5 aromatic rings. The molecule has 0 atom stereocenters. The van der Waals surface area contributed by atoms with Gasteiger partial charge in [0.1, 0.15) is 17.5 Å². The zero-order chi connectivity index (χ0) is 26.7. The molecule has 5 aromatic heterocycles. The first kappa shape index (κ1) is 24.0. The van der Waals surface area contributed by atoms with Gasteiger partial charge in [-0.3, -0.25) is 0 Å². The van der Waals surface area contributed by atoms with Crippen molar-refractivity contribution in [3.05, 3.63) is 55.1 Å². The molecule has 1 fully saturated rings. The predicted molar refractivity (Wildman–Crippen MR) is 147 cm³/mol. The minimum atomic E-state index is -3.45. The van der Waals surface area contributed by atoms with Crippen molar-refractivity contribution in [1.82, 2.24) is 43.6 Å². The second-order valence-corrected chi connectivity index (χ2v) is 12.4. The summed E-state index contributed by atoms with van der Waals surface area (Å²) in [5.41, 5.74) is 3.58. The smallest absolute Gasteiger partial charge is 0.256 e. The molecule has 1 aliphatic heterocycles. The lowest BCUT2D eigenvalue weighted by molar-refractivity contribution is 0.505. The quantitative estimate of drug-likeness (QED) is 0.316. The van der Waals surface area contributed by atoms with Crippen LogP contribution in [0.2, 0.25) is 0 Å². The third kappa shape index (κ3) is 4.27. The highest BCUT2D eigenvalue weighted by Crippen LogP contribution is 2.34. The molecule has 6 heterocycles. The molecule has 200 valence electrons. The molecule has 0 saturated heterocycles. The van der Waals surface area contributed by atoms with Crippen LogP contribution in [0.5, 0.6) is 0 Å². The molecule has 12 nitrogen and oxygen atoms in total. The Labute approximate surface area is 225 Å². The molecule has 1 aliphatic carbocycles. The van der Waals surface area contributed by atoms with Gasteiger partial charge in [-0.05, 0) is 32.8 Å². The molecule has 0 radical (unpaired) electrons. The fraction of sp³-hybridized carbons (Fsp3) is 0.346. The van der Waals surface area contributed by atoms with Gasteiger partial charge in [-0.25, -0.2) is 28.4 Å². The minimum Gasteiger partial charge on any atom is -0.344 e. The number of nitrogens with zero attached hydrogens (tertiary/aromatic N) is 8. The lowest BCUT2D eigenvalue weighted by Crippen LogP contribution is -2.27. The number of imidazole rings is 1. The Morgan fingerprint density at radius 1 is 1.08 bits per heavy atom. The second kappa shape index (κ2) is 8.99. The lowest BCUT2D eigenvalue weighted by atomic mass is 10.2. The molecule has 13 heteroatoms. The maximum Gasteiger partial charge on any atom is 0.256 e. The SMILES string of the molecule is CC(C)n1cc(-c2cn3c(n2)CNCC3)c2cnc(Nc3ccnc(-c4cnn(S(=O)(=O)C5CC5)c4)n3)cc21. The van der Waals surface area contributed by atoms with Crippen LogP contribution in [0.3, 0.4) is 0 Å². The molecule has 2 N–H and O–H groups in total. The molecule has 0 unspecified atom stereocenters. The van der Waals surface area contributed by atoms with Gasteiger partial charge in [-0.1, -0.05) is 0 Å². The Balaban J connectivity index is 1.20. The molecule has 1 saturated carbocycles. The Kier molecular flexibility index (Phi) is 5.52. The first-order valence-electron chi connectivity index (χ1n) is 13.0. The second-order valence-electron chi connectivity index (χ2n) is 10.3. The van der Waals surface area contributed by atoms with Crippen LogP contribution in [-0.4, -0.2) is 58.5 Å². The largest absolute Gasteiger partial charge is 0.344 e. The number of hydrogen-bond donors (Lipinski definition) is 2. The van der Waals surface area contributed by atoms with Crippen molar-refractivity contribution < 1.29 is 8.42 Å². The van der Waals surface area contributed by atoms with Gasteiger partial charge >= 0.3 is 0 Å². The first-order valence-corrected chi connectivity index (χ1v) is 14.5. The Morgan fingerprint density at radius 3 is 2.74 bits per heavy atom. The number of aromatic nitrogens is 8. The number of rotatable bonds is 7. The average Bonchev–Trinajstić information content (AvgIpc) is 3.35. The summed E-state index contributed by atoms with van der Waals surface area (Å²) in [4.78, 5) is 18.5. The van der Waals surface area contributed by atoms with Crippen molar-refractivity contribution in [1.29, 1.82) is 0 Å². The zero-order valence-corrected chi connectivity index (χ0v) is 22.4. The lowest BCUT2D eigenvalue weighted by Gasteiger charge is -2.13. The van der Waals surface area contributed by atoms with Crippen molar-refractivity contribution in [2.75, 3.05) is 11.9 Å². The van der Waals surface area contributed by atoms with E-state index in [1.54, 1.807) is 12.3 Å². The summed E-state index contributed by atoms with van der Waals surface area (Å²) in [6.07, 6.45) is 12.1. The molecule has 2 aliphatic rings. The summed E-state index contributed by atoms with van der Waals surface area (Å²) in [5, 5.41) is 11.4. The van der Waals surface area contributed by atoms with Crippen molar-refractivity contribution in [3.8, 4) is 22.6 Å². The van der Waals surface area contributed by atoms with Crippen LogP contribution in [-0.2, 0) is 23.1 Å². The van der Waals surface area contributed by atoms with E-state index in [0.29, 0.717) is 35.9 Å². The maximum atomic E-state index is 12.5. The fourth-order valence-electron chi connectivity index (χ4n) is 4.94. The van der Waals surface area contributed by atoms with E-state index in [1.165, 1.54) is 12.4 Å². The van der Waals surface area contributed by atoms with Gasteiger partial charge in [0.2, 0.25) is 0 Å². The standard InChI is InChI=1S/C26H28N10O2S/c1-16(2)35-14-20(21-15-34-8-7-27-12-25(34)31-21)19-11-29-24(9-22(19)35)32-23-5-6-28-26(33-23)17-10-30-36(13-17)39(37,38)18-3-4-18/h5-6,9-11,13-16,18,27H,3-4,7-8,12H2,1-2H3,(H,28,29,32,33). The Hall–Kier alpha value is -4.10. The minimum absolute atomic E-state index is 0.240. The van der Waals surface area contributed by atoms with Crippen molar-refractivity contribution >= 4 is 32.6 Å². The Morgan fingerprint density at radius 2 is 1.95 bits per heavy atom. The van der Waals surface area contributed by atoms with Gasteiger partial charge in [-0.15, -0.1) is 0 Å². The van der Waals surface area contributed by atoms with Crippen LogP contribution in [0, 0.1) is 0 Å². The summed E-state index contributed by atoms with van der Waals surface area (Å²) in [5.74, 6) is 2.61. The van der Waals surface area contributed by atoms with Crippen molar-refractivity contribution in [3.63, 3.8) is 0 Å². The third-order valence-corrected chi connectivity index (χ3v) is 9.19. The van der Waals surface area contributed by atoms with Gasteiger partial charge in [0, 0.05) is 60.9 Å². The topological polar surface area (TPSA) is 137 Å². The van der Waals surface area contributed by atoms with Gasteiger partial charge in [0.05, 0.1) is 41.0 Å². The van der Waals surface area contributed by atoms with E-state index >= 15 is 0 Å². The van der Waals surface area contributed by atoms with Crippen LogP contribution >= 0.6 is 0 Å². The summed E-state index contributed by atoms with van der Waals surface area (Å²) in [6, 6.07) is 4.00. The van der Waals surface area contributed by atoms with E-state index in [4.69, 9.17) is 4.98 Å². The molecular formula is C26H28N10O2S. The van der Waals surface area contributed by atoms with Crippen LogP contribution < -0.4 is 10.6 Å². The highest BCUT2D eigenvalue weighted by atomic mass is 32.2. The van der Waals surface area contributed by atoms with Crippen LogP contribution in [0.15, 0.2) is 49.3 Å². The molecule has 7 rings (SSSR count). The van der Waals surface area contributed by atoms with Crippen molar-refractivity contribution in [2.24, 2.45) is 0 Å². The average molecular weight is 545 g/mol. The normalized spacial score (nSPS) is 15.7. The summed E-state index contributed by atoms with van der Waals surface area (Å²) in [7, 11) is -3.45. The zero-order valence-electron chi connectivity index (χ0n) is 21.6. The number of nitrogens with one attached hydrogen (secondary N) is 2. The first-order chi connectivity index (χ1) is 18.9. The van der Waals surface area contributed by atoms with Crippen molar-refractivity contribution in [2.45, 2.75) is 51.1 Å². The van der Waals surface area contributed by atoms with Crippen LogP contribution in [0.1, 0.15) is 38.6 Å². The van der Waals surface area contributed by atoms with E-state index in [-0.39, 0.29) is 11.3 Å². The molecule has 0 spiro atoms. The third-order valence-electron chi connectivity index (χ3n) is 7.16. The van der Waals surface area contributed by atoms with E-state index in [2.05, 4.69) is 66.1 Å². The number of anilines is 2. The summed E-state index contributed by atoms with van der Waals surface area (Å²) in [6.45, 7) is 6.93. The van der Waals surface area contributed by atoms with Gasteiger partial charge in [0.15, 0.2) is 5.82 Å². The van der Waals surface area contributed by atoms with E-state index < -0.39 is 10.0 Å². The van der Waals surface area contributed by atoms with Crippen LogP contribution in [0.25, 0.3) is 33.5 Å². The van der Waals surface area contributed by atoms with Crippen LogP contribution in [0.4, 0.5) is 11.6 Å². The van der Waals surface area contributed by atoms with E-state index in [9.17, 15) is 8.42 Å². The number of pyridine rings is 1. The number of fused-ring (bicyclic) bond motifs is 2.